The molecule has 2 aromatic heterocycles. The van der Waals surface area contributed by atoms with Gasteiger partial charge >= 0.3 is 5.69 Å². The summed E-state index contributed by atoms with van der Waals surface area (Å²) in [5.74, 6) is 0.223. The Hall–Kier alpha value is -3.69. The zero-order valence-corrected chi connectivity index (χ0v) is 20.5. The fourth-order valence-electron chi connectivity index (χ4n) is 4.45. The van der Waals surface area contributed by atoms with E-state index in [0.717, 1.165) is 0 Å². The number of likely N-dealkylation sites (tertiary alicyclic amines) is 1. The molecular formula is C25H30FN5O4. The number of fused-ring (bicyclic) bond motifs is 1. The predicted molar refractivity (Wildman–Crippen MR) is 132 cm³/mol. The zero-order valence-electron chi connectivity index (χ0n) is 20.5. The molecule has 10 heteroatoms. The quantitative estimate of drug-likeness (QED) is 0.538. The highest BCUT2D eigenvalue weighted by atomic mass is 19.1. The molecule has 0 bridgehead atoms. The van der Waals surface area contributed by atoms with Gasteiger partial charge in [0.1, 0.15) is 11.9 Å². The summed E-state index contributed by atoms with van der Waals surface area (Å²) >= 11 is 0. The minimum atomic E-state index is -0.475. The lowest BCUT2D eigenvalue weighted by molar-refractivity contribution is -0.130. The van der Waals surface area contributed by atoms with Crippen LogP contribution in [0, 0.1) is 5.82 Å². The van der Waals surface area contributed by atoms with Crippen LogP contribution in [0.2, 0.25) is 0 Å². The van der Waals surface area contributed by atoms with Crippen LogP contribution in [0.5, 0.6) is 5.75 Å². The standard InChI is InChI=1S/C25H30FN5O4/c1-5-30-23-22(24(33)31(6-2)25(30)34)28(4)21(27-23)10-8-17-7-9-20(19(26)15-17)35-18-11-13-29(14-12-18)16(3)32/h7-10,15,18H,5-6,11-14H2,1-4H3. The largest absolute Gasteiger partial charge is 0.487 e. The van der Waals surface area contributed by atoms with Gasteiger partial charge in [-0.25, -0.2) is 14.2 Å². The number of hydrogen-bond acceptors (Lipinski definition) is 5. The van der Waals surface area contributed by atoms with Crippen LogP contribution in [0.3, 0.4) is 0 Å². The molecule has 1 aromatic carbocycles. The van der Waals surface area contributed by atoms with E-state index in [4.69, 9.17) is 4.74 Å². The Morgan fingerprint density at radius 1 is 1.14 bits per heavy atom. The number of nitrogens with zero attached hydrogens (tertiary/aromatic N) is 5. The Morgan fingerprint density at radius 2 is 1.83 bits per heavy atom. The van der Waals surface area contributed by atoms with Crippen LogP contribution in [-0.4, -0.2) is 48.7 Å². The first kappa shape index (κ1) is 24.4. The molecule has 4 rings (SSSR count). The van der Waals surface area contributed by atoms with Crippen LogP contribution >= 0.6 is 0 Å². The van der Waals surface area contributed by atoms with Crippen LogP contribution in [0.15, 0.2) is 27.8 Å². The molecule has 0 aliphatic carbocycles. The Morgan fingerprint density at radius 3 is 2.43 bits per heavy atom. The van der Waals surface area contributed by atoms with E-state index in [1.807, 2.05) is 6.92 Å². The summed E-state index contributed by atoms with van der Waals surface area (Å²) in [6.07, 6.45) is 4.58. The monoisotopic (exact) mass is 483 g/mol. The number of ether oxygens (including phenoxy) is 1. The first-order valence-electron chi connectivity index (χ1n) is 11.8. The molecule has 9 nitrogen and oxygen atoms in total. The van der Waals surface area contributed by atoms with Crippen LogP contribution < -0.4 is 16.0 Å². The fourth-order valence-corrected chi connectivity index (χ4v) is 4.45. The molecule has 0 spiro atoms. The van der Waals surface area contributed by atoms with Gasteiger partial charge in [0.25, 0.3) is 5.56 Å². The van der Waals surface area contributed by atoms with Crippen molar-refractivity contribution >= 4 is 29.2 Å². The van der Waals surface area contributed by atoms with Crippen molar-refractivity contribution in [3.63, 3.8) is 0 Å². The molecule has 0 saturated carbocycles. The fraction of sp³-hybridized carbons (Fsp3) is 0.440. The van der Waals surface area contributed by atoms with Gasteiger partial charge in [0.2, 0.25) is 5.91 Å². The van der Waals surface area contributed by atoms with Crippen molar-refractivity contribution < 1.29 is 13.9 Å². The highest BCUT2D eigenvalue weighted by Crippen LogP contribution is 2.24. The lowest BCUT2D eigenvalue weighted by Crippen LogP contribution is -2.40. The van der Waals surface area contributed by atoms with E-state index in [0.29, 0.717) is 55.0 Å². The minimum Gasteiger partial charge on any atom is -0.487 e. The van der Waals surface area contributed by atoms with Crippen LogP contribution in [0.4, 0.5) is 4.39 Å². The number of imidazole rings is 1. The molecule has 186 valence electrons. The molecule has 1 aliphatic heterocycles. The molecule has 1 saturated heterocycles. The van der Waals surface area contributed by atoms with Gasteiger partial charge in [-0.15, -0.1) is 0 Å². The maximum absolute atomic E-state index is 14.7. The number of aromatic nitrogens is 4. The number of halogens is 1. The molecule has 35 heavy (non-hydrogen) atoms. The summed E-state index contributed by atoms with van der Waals surface area (Å²) in [6, 6.07) is 4.72. The number of benzene rings is 1. The summed E-state index contributed by atoms with van der Waals surface area (Å²) < 4.78 is 24.9. The van der Waals surface area contributed by atoms with Crippen molar-refractivity contribution in [2.75, 3.05) is 13.1 Å². The van der Waals surface area contributed by atoms with Crippen molar-refractivity contribution in [2.24, 2.45) is 7.05 Å². The highest BCUT2D eigenvalue weighted by Gasteiger charge is 2.23. The lowest BCUT2D eigenvalue weighted by Gasteiger charge is -2.31. The second-order valence-corrected chi connectivity index (χ2v) is 8.62. The normalized spacial score (nSPS) is 14.8. The maximum atomic E-state index is 14.7. The highest BCUT2D eigenvalue weighted by molar-refractivity contribution is 5.76. The average molecular weight is 484 g/mol. The minimum absolute atomic E-state index is 0.0420. The number of amides is 1. The van der Waals surface area contributed by atoms with Crippen molar-refractivity contribution in [1.29, 1.82) is 0 Å². The van der Waals surface area contributed by atoms with Crippen LogP contribution in [-0.2, 0) is 24.9 Å². The SMILES string of the molecule is CCn1c(=O)c2c(nc(C=Cc3ccc(OC4CCN(C(C)=O)CC4)c(F)c3)n2C)n(CC)c1=O. The number of carbonyl (C=O) groups is 1. The van der Waals surface area contributed by atoms with Crippen molar-refractivity contribution in [2.45, 2.75) is 52.8 Å². The van der Waals surface area contributed by atoms with E-state index in [9.17, 15) is 18.8 Å². The summed E-state index contributed by atoms with van der Waals surface area (Å²) in [6.45, 7) is 7.00. The predicted octanol–water partition coefficient (Wildman–Crippen LogP) is 2.64. The van der Waals surface area contributed by atoms with E-state index < -0.39 is 5.82 Å². The Kier molecular flexibility index (Phi) is 6.90. The third-order valence-electron chi connectivity index (χ3n) is 6.47. The first-order chi connectivity index (χ1) is 16.7. The van der Waals surface area contributed by atoms with Gasteiger partial charge in [-0.3, -0.25) is 18.7 Å². The Labute approximate surface area is 202 Å². The maximum Gasteiger partial charge on any atom is 0.332 e. The second-order valence-electron chi connectivity index (χ2n) is 8.62. The first-order valence-corrected chi connectivity index (χ1v) is 11.8. The van der Waals surface area contributed by atoms with Gasteiger partial charge < -0.3 is 14.2 Å². The van der Waals surface area contributed by atoms with Gasteiger partial charge in [0, 0.05) is 53.0 Å². The van der Waals surface area contributed by atoms with E-state index >= 15 is 0 Å². The summed E-state index contributed by atoms with van der Waals surface area (Å²) in [5.41, 5.74) is 0.519. The number of aryl methyl sites for hydroxylation is 2. The zero-order chi connectivity index (χ0) is 25.3. The van der Waals surface area contributed by atoms with E-state index in [-0.39, 0.29) is 35.6 Å². The van der Waals surface area contributed by atoms with Crippen LogP contribution in [0.1, 0.15) is 45.0 Å². The van der Waals surface area contributed by atoms with Crippen molar-refractivity contribution in [1.82, 2.24) is 23.6 Å². The van der Waals surface area contributed by atoms with Gasteiger partial charge in [-0.05, 0) is 37.6 Å². The van der Waals surface area contributed by atoms with Crippen molar-refractivity contribution in [3.05, 3.63) is 56.2 Å². The number of piperidine rings is 1. The van der Waals surface area contributed by atoms with E-state index in [1.165, 1.54) is 15.2 Å². The molecule has 3 heterocycles. The summed E-state index contributed by atoms with van der Waals surface area (Å²) in [5, 5.41) is 0. The summed E-state index contributed by atoms with van der Waals surface area (Å²) in [7, 11) is 1.72. The smallest absolute Gasteiger partial charge is 0.332 e. The molecular weight excluding hydrogens is 453 g/mol. The van der Waals surface area contributed by atoms with Gasteiger partial charge in [-0.2, -0.15) is 0 Å². The third kappa shape index (κ3) is 4.65. The number of rotatable bonds is 6. The lowest BCUT2D eigenvalue weighted by atomic mass is 10.1. The van der Waals surface area contributed by atoms with Gasteiger partial charge in [0.05, 0.1) is 0 Å². The molecule has 3 aromatic rings. The Balaban J connectivity index is 1.56. The molecule has 1 amide bonds. The van der Waals surface area contributed by atoms with Gasteiger partial charge in [-0.1, -0.05) is 12.1 Å². The summed E-state index contributed by atoms with van der Waals surface area (Å²) in [4.78, 5) is 43.2. The third-order valence-corrected chi connectivity index (χ3v) is 6.47. The molecule has 1 fully saturated rings. The van der Waals surface area contributed by atoms with E-state index in [1.54, 1.807) is 54.6 Å². The number of carbonyl (C=O) groups excluding carboxylic acids is 1. The molecule has 0 N–H and O–H groups in total. The molecule has 0 unspecified atom stereocenters. The second kappa shape index (κ2) is 9.89. The van der Waals surface area contributed by atoms with Crippen molar-refractivity contribution in [3.8, 4) is 5.75 Å². The average Bonchev–Trinajstić information content (AvgIpc) is 3.16. The molecule has 0 atom stereocenters. The molecule has 1 aliphatic rings. The Bertz CT molecular complexity index is 1410. The van der Waals surface area contributed by atoms with Crippen LogP contribution in [0.25, 0.3) is 23.3 Å². The molecule has 0 radical (unpaired) electrons. The van der Waals surface area contributed by atoms with Gasteiger partial charge in [0.15, 0.2) is 22.7 Å². The topological polar surface area (TPSA) is 91.4 Å². The van der Waals surface area contributed by atoms with E-state index in [2.05, 4.69) is 4.98 Å². The number of hydrogen-bond donors (Lipinski definition) is 0.